The first-order valence-electron chi connectivity index (χ1n) is 6.99. The topological polar surface area (TPSA) is 41.1 Å². The van der Waals surface area contributed by atoms with Gasteiger partial charge in [0.2, 0.25) is 0 Å². The molecule has 1 aliphatic rings. The molecule has 3 rings (SSSR count). The van der Waals surface area contributed by atoms with Gasteiger partial charge in [-0.2, -0.15) is 0 Å². The zero-order valence-electron chi connectivity index (χ0n) is 11.7. The summed E-state index contributed by atoms with van der Waals surface area (Å²) < 4.78 is 0. The lowest BCUT2D eigenvalue weighted by atomic mass is 10.1. The van der Waals surface area contributed by atoms with Crippen molar-refractivity contribution in [3.05, 3.63) is 46.7 Å². The number of amides is 1. The van der Waals surface area contributed by atoms with Gasteiger partial charge in [-0.3, -0.25) is 4.79 Å². The first kappa shape index (κ1) is 16.0. The molecule has 0 bridgehead atoms. The Hall–Kier alpha value is -1.36. The smallest absolute Gasteiger partial charge is 0.262 e. The van der Waals surface area contributed by atoms with Crippen molar-refractivity contribution in [3.8, 4) is 11.1 Å². The summed E-state index contributed by atoms with van der Waals surface area (Å²) >= 11 is 1.51. The average molecular weight is 323 g/mol. The fourth-order valence-corrected chi connectivity index (χ4v) is 3.38. The molecule has 1 atom stereocenters. The molecule has 5 heteroatoms. The number of hydrogen-bond donors (Lipinski definition) is 2. The Kier molecular flexibility index (Phi) is 5.79. The van der Waals surface area contributed by atoms with E-state index in [0.29, 0.717) is 0 Å². The van der Waals surface area contributed by atoms with Gasteiger partial charge in [-0.05, 0) is 36.4 Å². The van der Waals surface area contributed by atoms with Gasteiger partial charge in [0.05, 0.1) is 4.88 Å². The Morgan fingerprint density at radius 2 is 2.05 bits per heavy atom. The summed E-state index contributed by atoms with van der Waals surface area (Å²) in [5.74, 6) is 0.0487. The first-order chi connectivity index (χ1) is 9.84. The monoisotopic (exact) mass is 322 g/mol. The molecule has 2 N–H and O–H groups in total. The minimum absolute atomic E-state index is 0. The van der Waals surface area contributed by atoms with Crippen molar-refractivity contribution in [1.82, 2.24) is 10.6 Å². The maximum atomic E-state index is 12.4. The maximum absolute atomic E-state index is 12.4. The van der Waals surface area contributed by atoms with E-state index < -0.39 is 0 Å². The van der Waals surface area contributed by atoms with Crippen molar-refractivity contribution in [3.63, 3.8) is 0 Å². The van der Waals surface area contributed by atoms with E-state index in [4.69, 9.17) is 0 Å². The van der Waals surface area contributed by atoms with Gasteiger partial charge < -0.3 is 10.6 Å². The lowest BCUT2D eigenvalue weighted by molar-refractivity contribution is 0.0935. The molecule has 0 saturated carbocycles. The van der Waals surface area contributed by atoms with Crippen molar-refractivity contribution >= 4 is 29.7 Å². The van der Waals surface area contributed by atoms with Crippen LogP contribution in [0.4, 0.5) is 0 Å². The van der Waals surface area contributed by atoms with E-state index in [1.54, 1.807) is 0 Å². The normalized spacial score (nSPS) is 17.8. The second-order valence-corrected chi connectivity index (χ2v) is 5.96. The second-order valence-electron chi connectivity index (χ2n) is 5.05. The highest BCUT2D eigenvalue weighted by Gasteiger charge is 2.19. The van der Waals surface area contributed by atoms with E-state index in [1.165, 1.54) is 11.3 Å². The second kappa shape index (κ2) is 7.59. The molecule has 1 fully saturated rings. The van der Waals surface area contributed by atoms with E-state index in [0.717, 1.165) is 41.9 Å². The van der Waals surface area contributed by atoms with Crippen LogP contribution in [0.15, 0.2) is 41.8 Å². The molecule has 2 heterocycles. The summed E-state index contributed by atoms with van der Waals surface area (Å²) in [5.41, 5.74) is 2.12. The molecule has 3 nitrogen and oxygen atoms in total. The van der Waals surface area contributed by atoms with Gasteiger partial charge in [0.15, 0.2) is 0 Å². The van der Waals surface area contributed by atoms with Crippen LogP contribution in [0.5, 0.6) is 0 Å². The first-order valence-corrected chi connectivity index (χ1v) is 7.87. The van der Waals surface area contributed by atoms with E-state index in [-0.39, 0.29) is 24.4 Å². The fourth-order valence-electron chi connectivity index (χ4n) is 2.56. The van der Waals surface area contributed by atoms with Crippen LogP contribution in [0.1, 0.15) is 22.5 Å². The molecule has 0 spiro atoms. The van der Waals surface area contributed by atoms with Crippen molar-refractivity contribution in [2.45, 2.75) is 18.9 Å². The van der Waals surface area contributed by atoms with Gasteiger partial charge in [0, 0.05) is 18.2 Å². The van der Waals surface area contributed by atoms with Gasteiger partial charge in [0.25, 0.3) is 5.91 Å². The third-order valence-corrected chi connectivity index (χ3v) is 4.50. The lowest BCUT2D eigenvalue weighted by Gasteiger charge is -2.23. The van der Waals surface area contributed by atoms with Gasteiger partial charge in [0.1, 0.15) is 0 Å². The van der Waals surface area contributed by atoms with Gasteiger partial charge in [-0.1, -0.05) is 30.3 Å². The fraction of sp³-hybridized carbons (Fsp3) is 0.312. The largest absolute Gasteiger partial charge is 0.347 e. The van der Waals surface area contributed by atoms with Crippen molar-refractivity contribution in [2.75, 3.05) is 13.1 Å². The molecule has 21 heavy (non-hydrogen) atoms. The van der Waals surface area contributed by atoms with Crippen LogP contribution in [0, 0.1) is 0 Å². The molecule has 0 aliphatic carbocycles. The number of rotatable bonds is 3. The summed E-state index contributed by atoms with van der Waals surface area (Å²) in [6.07, 6.45) is 2.19. The summed E-state index contributed by atoms with van der Waals surface area (Å²) in [7, 11) is 0. The summed E-state index contributed by atoms with van der Waals surface area (Å²) in [6.45, 7) is 1.93. The van der Waals surface area contributed by atoms with Crippen LogP contribution >= 0.6 is 23.7 Å². The molecule has 112 valence electrons. The number of carbonyl (C=O) groups is 1. The maximum Gasteiger partial charge on any atom is 0.262 e. The van der Waals surface area contributed by atoms with Crippen LogP contribution in [0.3, 0.4) is 0 Å². The Bertz CT molecular complexity index is 579. The number of thiophene rings is 1. The summed E-state index contributed by atoms with van der Waals surface area (Å²) in [4.78, 5) is 13.2. The van der Waals surface area contributed by atoms with E-state index in [2.05, 4.69) is 10.6 Å². The van der Waals surface area contributed by atoms with E-state index in [1.807, 2.05) is 41.8 Å². The molecule has 1 unspecified atom stereocenters. The number of carbonyl (C=O) groups excluding carboxylic acids is 1. The van der Waals surface area contributed by atoms with Crippen LogP contribution < -0.4 is 10.6 Å². The van der Waals surface area contributed by atoms with Crippen LogP contribution in [0.25, 0.3) is 11.1 Å². The minimum atomic E-state index is 0. The molecule has 2 aromatic rings. The predicted octanol–water partition coefficient (Wildman–Crippen LogP) is 3.32. The minimum Gasteiger partial charge on any atom is -0.347 e. The standard InChI is InChI=1S/C16H18N2OS.ClH/c19-16(18-13-7-4-9-17-11-13)15-14(8-10-20-15)12-5-2-1-3-6-12;/h1-3,5-6,8,10,13,17H,4,7,9,11H2,(H,18,19);1H. The zero-order valence-corrected chi connectivity index (χ0v) is 13.3. The number of piperidine rings is 1. The number of benzene rings is 1. The highest BCUT2D eigenvalue weighted by Crippen LogP contribution is 2.28. The molecule has 1 saturated heterocycles. The van der Waals surface area contributed by atoms with Crippen molar-refractivity contribution in [1.29, 1.82) is 0 Å². The van der Waals surface area contributed by atoms with Gasteiger partial charge in [-0.25, -0.2) is 0 Å². The molecule has 1 aromatic carbocycles. The predicted molar refractivity (Wildman–Crippen MR) is 90.4 cm³/mol. The Balaban J connectivity index is 0.00000161. The molecular formula is C16H19ClN2OS. The summed E-state index contributed by atoms with van der Waals surface area (Å²) in [5, 5.41) is 8.44. The quantitative estimate of drug-likeness (QED) is 0.910. The molecule has 0 radical (unpaired) electrons. The third kappa shape index (κ3) is 3.84. The van der Waals surface area contributed by atoms with Crippen molar-refractivity contribution in [2.24, 2.45) is 0 Å². The van der Waals surface area contributed by atoms with Crippen LogP contribution in [-0.2, 0) is 0 Å². The highest BCUT2D eigenvalue weighted by molar-refractivity contribution is 7.12. The zero-order chi connectivity index (χ0) is 13.8. The van der Waals surface area contributed by atoms with Crippen LogP contribution in [-0.4, -0.2) is 25.0 Å². The Labute approximate surface area is 135 Å². The number of hydrogen-bond acceptors (Lipinski definition) is 3. The number of halogens is 1. The molecule has 1 amide bonds. The van der Waals surface area contributed by atoms with Crippen LogP contribution in [0.2, 0.25) is 0 Å². The molecule has 1 aromatic heterocycles. The molecular weight excluding hydrogens is 304 g/mol. The molecule has 1 aliphatic heterocycles. The SMILES string of the molecule is Cl.O=C(NC1CCCNC1)c1sccc1-c1ccccc1. The van der Waals surface area contributed by atoms with E-state index in [9.17, 15) is 4.79 Å². The summed E-state index contributed by atoms with van der Waals surface area (Å²) in [6, 6.07) is 12.3. The van der Waals surface area contributed by atoms with Gasteiger partial charge in [-0.15, -0.1) is 23.7 Å². The highest BCUT2D eigenvalue weighted by atomic mass is 35.5. The Morgan fingerprint density at radius 1 is 1.24 bits per heavy atom. The van der Waals surface area contributed by atoms with Crippen molar-refractivity contribution < 1.29 is 4.79 Å². The van der Waals surface area contributed by atoms with E-state index >= 15 is 0 Å². The third-order valence-electron chi connectivity index (χ3n) is 3.59. The number of nitrogens with one attached hydrogen (secondary N) is 2. The van der Waals surface area contributed by atoms with Gasteiger partial charge >= 0.3 is 0 Å². The average Bonchev–Trinajstić information content (AvgIpc) is 2.99. The lowest BCUT2D eigenvalue weighted by Crippen LogP contribution is -2.45. The Morgan fingerprint density at radius 3 is 2.76 bits per heavy atom.